The van der Waals surface area contributed by atoms with Crippen molar-refractivity contribution < 1.29 is 14.3 Å². The van der Waals surface area contributed by atoms with Crippen LogP contribution in [0.25, 0.3) is 0 Å². The molecule has 20 heavy (non-hydrogen) atoms. The number of benzene rings is 1. The number of methoxy groups -OCH3 is 1. The molecule has 0 aromatic heterocycles. The Morgan fingerprint density at radius 2 is 2.35 bits per heavy atom. The Hall–Kier alpha value is -1.59. The van der Waals surface area contributed by atoms with Crippen LogP contribution in [0.2, 0.25) is 0 Å². The zero-order valence-electron chi connectivity index (χ0n) is 12.0. The molecule has 0 aliphatic carbocycles. The highest BCUT2D eigenvalue weighted by Crippen LogP contribution is 2.26. The molecule has 2 unspecified atom stereocenters. The fourth-order valence-corrected chi connectivity index (χ4v) is 2.35. The maximum Gasteiger partial charge on any atom is 0.250 e. The van der Waals surface area contributed by atoms with E-state index in [1.807, 2.05) is 31.2 Å². The number of morpholine rings is 1. The predicted octanol–water partition coefficient (Wildman–Crippen LogP) is 1.25. The Bertz CT molecular complexity index is 444. The lowest BCUT2D eigenvalue weighted by atomic mass is 10.0. The molecule has 1 aromatic rings. The summed E-state index contributed by atoms with van der Waals surface area (Å²) in [6.07, 6.45) is 0.388. The third kappa shape index (κ3) is 3.49. The van der Waals surface area contributed by atoms with Gasteiger partial charge in [-0.1, -0.05) is 25.1 Å². The molecule has 1 fully saturated rings. The van der Waals surface area contributed by atoms with Crippen molar-refractivity contribution in [2.24, 2.45) is 0 Å². The van der Waals surface area contributed by atoms with Gasteiger partial charge in [-0.3, -0.25) is 4.79 Å². The summed E-state index contributed by atoms with van der Waals surface area (Å²) in [5, 5.41) is 6.20. The van der Waals surface area contributed by atoms with Gasteiger partial charge in [0.1, 0.15) is 11.9 Å². The zero-order valence-corrected chi connectivity index (χ0v) is 12.0. The molecule has 0 radical (unpaired) electrons. The van der Waals surface area contributed by atoms with Crippen LogP contribution in [0.15, 0.2) is 24.3 Å². The minimum atomic E-state index is -0.410. The summed E-state index contributed by atoms with van der Waals surface area (Å²) in [4.78, 5) is 12.2. The smallest absolute Gasteiger partial charge is 0.250 e. The molecule has 0 saturated carbocycles. The van der Waals surface area contributed by atoms with Gasteiger partial charge < -0.3 is 20.1 Å². The fourth-order valence-electron chi connectivity index (χ4n) is 2.35. The second-order valence-corrected chi connectivity index (χ2v) is 4.77. The third-order valence-corrected chi connectivity index (χ3v) is 3.46. The number of rotatable bonds is 5. The molecule has 5 heteroatoms. The lowest BCUT2D eigenvalue weighted by Gasteiger charge is -2.26. The summed E-state index contributed by atoms with van der Waals surface area (Å²) in [5.41, 5.74) is 0.995. The average Bonchev–Trinajstić information content (AvgIpc) is 2.53. The Labute approximate surface area is 119 Å². The molecule has 1 saturated heterocycles. The van der Waals surface area contributed by atoms with Gasteiger partial charge >= 0.3 is 0 Å². The summed E-state index contributed by atoms with van der Waals surface area (Å²) in [7, 11) is 1.64. The van der Waals surface area contributed by atoms with E-state index < -0.39 is 6.10 Å². The lowest BCUT2D eigenvalue weighted by molar-refractivity contribution is -0.135. The second-order valence-electron chi connectivity index (χ2n) is 4.77. The Kier molecular flexibility index (Phi) is 5.38. The number of hydrogen-bond donors (Lipinski definition) is 2. The maximum atomic E-state index is 12.2. The largest absolute Gasteiger partial charge is 0.496 e. The number of hydrogen-bond acceptors (Lipinski definition) is 4. The van der Waals surface area contributed by atoms with Gasteiger partial charge in [-0.2, -0.15) is 0 Å². The predicted molar refractivity (Wildman–Crippen MR) is 76.8 cm³/mol. The van der Waals surface area contributed by atoms with Crippen molar-refractivity contribution in [3.63, 3.8) is 0 Å². The monoisotopic (exact) mass is 278 g/mol. The van der Waals surface area contributed by atoms with E-state index in [-0.39, 0.29) is 11.9 Å². The minimum absolute atomic E-state index is 0.0656. The van der Waals surface area contributed by atoms with Crippen LogP contribution >= 0.6 is 0 Å². The van der Waals surface area contributed by atoms with Crippen molar-refractivity contribution >= 4 is 5.91 Å². The first-order valence-corrected chi connectivity index (χ1v) is 7.01. The van der Waals surface area contributed by atoms with Gasteiger partial charge in [-0.15, -0.1) is 0 Å². The van der Waals surface area contributed by atoms with E-state index in [2.05, 4.69) is 10.6 Å². The summed E-state index contributed by atoms with van der Waals surface area (Å²) < 4.78 is 10.8. The van der Waals surface area contributed by atoms with Crippen molar-refractivity contribution in [1.82, 2.24) is 10.6 Å². The van der Waals surface area contributed by atoms with Gasteiger partial charge in [0.2, 0.25) is 0 Å². The Balaban J connectivity index is 2.06. The first-order valence-electron chi connectivity index (χ1n) is 7.01. The van der Waals surface area contributed by atoms with Crippen molar-refractivity contribution in [3.8, 4) is 5.75 Å². The molecule has 0 bridgehead atoms. The van der Waals surface area contributed by atoms with E-state index in [1.54, 1.807) is 7.11 Å². The number of para-hydroxylation sites is 1. The standard InChI is InChI=1S/C15H22N2O3/c1-3-12(11-6-4-5-7-13(11)19-2)17-15(18)14-10-16-8-9-20-14/h4-7,12,14,16H,3,8-10H2,1-2H3,(H,17,18). The Morgan fingerprint density at radius 1 is 1.55 bits per heavy atom. The molecule has 5 nitrogen and oxygen atoms in total. The molecule has 2 rings (SSSR count). The summed E-state index contributed by atoms with van der Waals surface area (Å²) in [6, 6.07) is 7.69. The highest BCUT2D eigenvalue weighted by Gasteiger charge is 2.25. The van der Waals surface area contributed by atoms with E-state index >= 15 is 0 Å². The van der Waals surface area contributed by atoms with Gasteiger partial charge in [0, 0.05) is 18.7 Å². The molecular weight excluding hydrogens is 256 g/mol. The zero-order chi connectivity index (χ0) is 14.4. The first kappa shape index (κ1) is 14.8. The fraction of sp³-hybridized carbons (Fsp3) is 0.533. The number of carbonyl (C=O) groups is 1. The third-order valence-electron chi connectivity index (χ3n) is 3.46. The van der Waals surface area contributed by atoms with Gasteiger partial charge in [0.15, 0.2) is 0 Å². The Morgan fingerprint density at radius 3 is 3.00 bits per heavy atom. The van der Waals surface area contributed by atoms with Crippen LogP contribution in [0.3, 0.4) is 0 Å². The first-order chi connectivity index (χ1) is 9.76. The molecular formula is C15H22N2O3. The molecule has 2 N–H and O–H groups in total. The molecule has 2 atom stereocenters. The van der Waals surface area contributed by atoms with Gasteiger partial charge in [0.05, 0.1) is 19.8 Å². The van der Waals surface area contributed by atoms with Gasteiger partial charge in [-0.05, 0) is 12.5 Å². The number of amides is 1. The van der Waals surface area contributed by atoms with Crippen molar-refractivity contribution in [2.75, 3.05) is 26.8 Å². The van der Waals surface area contributed by atoms with Crippen molar-refractivity contribution in [2.45, 2.75) is 25.5 Å². The second kappa shape index (κ2) is 7.26. The van der Waals surface area contributed by atoms with Gasteiger partial charge in [-0.25, -0.2) is 0 Å². The highest BCUT2D eigenvalue weighted by molar-refractivity contribution is 5.81. The van der Waals surface area contributed by atoms with Crippen LogP contribution in [0.4, 0.5) is 0 Å². The summed E-state index contributed by atoms with van der Waals surface area (Å²) in [6.45, 7) is 3.97. The van der Waals surface area contributed by atoms with Crippen LogP contribution in [0.1, 0.15) is 24.9 Å². The minimum Gasteiger partial charge on any atom is -0.496 e. The molecule has 1 aliphatic rings. The molecule has 1 heterocycles. The SMILES string of the molecule is CCC(NC(=O)C1CNCCO1)c1ccccc1OC. The van der Waals surface area contributed by atoms with Crippen LogP contribution in [-0.2, 0) is 9.53 Å². The van der Waals surface area contributed by atoms with Crippen LogP contribution < -0.4 is 15.4 Å². The molecule has 1 aromatic carbocycles. The summed E-state index contributed by atoms with van der Waals surface area (Å²) >= 11 is 0. The van der Waals surface area contributed by atoms with E-state index in [1.165, 1.54) is 0 Å². The normalized spacial score (nSPS) is 20.2. The lowest BCUT2D eigenvalue weighted by Crippen LogP contribution is -2.48. The van der Waals surface area contributed by atoms with E-state index in [9.17, 15) is 4.79 Å². The summed E-state index contributed by atoms with van der Waals surface area (Å²) in [5.74, 6) is 0.720. The highest BCUT2D eigenvalue weighted by atomic mass is 16.5. The van der Waals surface area contributed by atoms with Crippen molar-refractivity contribution in [3.05, 3.63) is 29.8 Å². The molecule has 0 spiro atoms. The number of nitrogens with one attached hydrogen (secondary N) is 2. The van der Waals surface area contributed by atoms with Crippen LogP contribution in [0, 0.1) is 0 Å². The van der Waals surface area contributed by atoms with E-state index in [4.69, 9.17) is 9.47 Å². The van der Waals surface area contributed by atoms with Crippen molar-refractivity contribution in [1.29, 1.82) is 0 Å². The van der Waals surface area contributed by atoms with E-state index in [0.717, 1.165) is 24.3 Å². The van der Waals surface area contributed by atoms with Crippen LogP contribution in [0.5, 0.6) is 5.75 Å². The van der Waals surface area contributed by atoms with Crippen LogP contribution in [-0.4, -0.2) is 38.8 Å². The number of carbonyl (C=O) groups excluding carboxylic acids is 1. The number of ether oxygens (including phenoxy) is 2. The molecule has 1 aliphatic heterocycles. The maximum absolute atomic E-state index is 12.2. The topological polar surface area (TPSA) is 59.6 Å². The van der Waals surface area contributed by atoms with Gasteiger partial charge in [0.25, 0.3) is 5.91 Å². The molecule has 110 valence electrons. The molecule has 1 amide bonds. The average molecular weight is 278 g/mol. The van der Waals surface area contributed by atoms with E-state index in [0.29, 0.717) is 13.2 Å². The quantitative estimate of drug-likeness (QED) is 0.851.